The summed E-state index contributed by atoms with van der Waals surface area (Å²) < 4.78 is 28.2. The molecular formula is C14H16N2O4S2. The Hall–Kier alpha value is -1.64. The van der Waals surface area contributed by atoms with E-state index >= 15 is 0 Å². The summed E-state index contributed by atoms with van der Waals surface area (Å²) in [5.41, 5.74) is 1.14. The molecule has 8 heteroatoms. The summed E-state index contributed by atoms with van der Waals surface area (Å²) in [5, 5.41) is 7.13. The van der Waals surface area contributed by atoms with Gasteiger partial charge in [0.2, 0.25) is 10.0 Å². The minimum atomic E-state index is -3.89. The van der Waals surface area contributed by atoms with Gasteiger partial charge in [-0.15, -0.1) is 11.3 Å². The maximum atomic E-state index is 12.6. The molecular weight excluding hydrogens is 324 g/mol. The van der Waals surface area contributed by atoms with Crippen molar-refractivity contribution in [3.63, 3.8) is 0 Å². The number of aryl methyl sites for hydroxylation is 1. The number of hydrogen-bond donors (Lipinski definition) is 1. The Labute approximate surface area is 132 Å². The molecule has 0 radical (unpaired) electrons. The predicted octanol–water partition coefficient (Wildman–Crippen LogP) is 2.06. The van der Waals surface area contributed by atoms with Gasteiger partial charge in [-0.3, -0.25) is 4.79 Å². The van der Waals surface area contributed by atoms with Gasteiger partial charge in [0.15, 0.2) is 5.76 Å². The molecule has 22 heavy (non-hydrogen) atoms. The van der Waals surface area contributed by atoms with Crippen molar-refractivity contribution < 1.29 is 17.6 Å². The highest BCUT2D eigenvalue weighted by Gasteiger charge is 2.31. The number of nitrogens with two attached hydrogens (primary N) is 1. The van der Waals surface area contributed by atoms with Gasteiger partial charge in [0.25, 0.3) is 5.91 Å². The lowest BCUT2D eigenvalue weighted by Gasteiger charge is -2.33. The molecule has 2 N–H and O–H groups in total. The Balaban J connectivity index is 1.93. The van der Waals surface area contributed by atoms with Crippen molar-refractivity contribution in [2.75, 3.05) is 6.54 Å². The monoisotopic (exact) mass is 340 g/mol. The predicted molar refractivity (Wildman–Crippen MR) is 82.3 cm³/mol. The molecule has 2 aromatic heterocycles. The maximum absolute atomic E-state index is 12.6. The van der Waals surface area contributed by atoms with Gasteiger partial charge in [0, 0.05) is 17.5 Å². The lowest BCUT2D eigenvalue weighted by Crippen LogP contribution is -2.38. The van der Waals surface area contributed by atoms with Crippen molar-refractivity contribution in [3.05, 3.63) is 39.5 Å². The van der Waals surface area contributed by atoms with E-state index in [0.29, 0.717) is 6.54 Å². The Morgan fingerprint density at radius 3 is 2.86 bits per heavy atom. The normalized spacial score (nSPS) is 18.3. The highest BCUT2D eigenvalue weighted by Crippen LogP contribution is 2.34. The summed E-state index contributed by atoms with van der Waals surface area (Å²) in [6.07, 6.45) is 0.796. The molecule has 3 heterocycles. The third kappa shape index (κ3) is 2.47. The van der Waals surface area contributed by atoms with Crippen LogP contribution in [0.15, 0.2) is 26.8 Å². The van der Waals surface area contributed by atoms with E-state index in [1.165, 1.54) is 17.9 Å². The summed E-state index contributed by atoms with van der Waals surface area (Å²) in [5.74, 6) is -0.180. The van der Waals surface area contributed by atoms with Gasteiger partial charge in [-0.25, -0.2) is 13.6 Å². The van der Waals surface area contributed by atoms with Crippen LogP contribution in [0.3, 0.4) is 0 Å². The number of nitrogens with zero attached hydrogens (tertiary/aromatic N) is 1. The van der Waals surface area contributed by atoms with Crippen molar-refractivity contribution in [3.8, 4) is 0 Å². The van der Waals surface area contributed by atoms with Gasteiger partial charge in [-0.1, -0.05) is 0 Å². The van der Waals surface area contributed by atoms with E-state index in [1.807, 2.05) is 18.4 Å². The van der Waals surface area contributed by atoms with Crippen molar-refractivity contribution in [2.24, 2.45) is 5.14 Å². The molecule has 0 bridgehead atoms. The molecule has 3 rings (SSSR count). The molecule has 1 amide bonds. The molecule has 0 spiro atoms. The molecule has 0 saturated carbocycles. The van der Waals surface area contributed by atoms with Crippen molar-refractivity contribution >= 4 is 27.3 Å². The second-order valence-corrected chi connectivity index (χ2v) is 7.83. The number of rotatable bonds is 2. The topological polar surface area (TPSA) is 93.6 Å². The standard InChI is InChI=1S/C14H16N2O4S2/c1-8-10-4-6-21-12(10)3-5-16(8)14(17)11-7-13(9(2)20-11)22(15,18)19/h4,6-8H,3,5H2,1-2H3,(H2,15,18,19). The first-order valence-electron chi connectivity index (χ1n) is 6.79. The molecule has 0 aliphatic carbocycles. The van der Waals surface area contributed by atoms with Crippen LogP contribution in [0.2, 0.25) is 0 Å². The van der Waals surface area contributed by atoms with Crippen molar-refractivity contribution in [2.45, 2.75) is 31.2 Å². The molecule has 0 saturated heterocycles. The minimum Gasteiger partial charge on any atom is -0.455 e. The molecule has 0 aromatic carbocycles. The van der Waals surface area contributed by atoms with Crippen LogP contribution in [-0.2, 0) is 16.4 Å². The van der Waals surface area contributed by atoms with E-state index in [-0.39, 0.29) is 28.4 Å². The Kier molecular flexibility index (Phi) is 3.62. The van der Waals surface area contributed by atoms with E-state index < -0.39 is 10.0 Å². The second kappa shape index (κ2) is 5.22. The van der Waals surface area contributed by atoms with Gasteiger partial charge in [-0.2, -0.15) is 0 Å². The number of carbonyl (C=O) groups excluding carboxylic acids is 1. The first-order chi connectivity index (χ1) is 10.3. The first kappa shape index (κ1) is 15.3. The number of amides is 1. The summed E-state index contributed by atoms with van der Waals surface area (Å²) in [6, 6.07) is 3.17. The van der Waals surface area contributed by atoms with Crippen LogP contribution in [0.4, 0.5) is 0 Å². The first-order valence-corrected chi connectivity index (χ1v) is 9.22. The zero-order valence-electron chi connectivity index (χ0n) is 12.2. The van der Waals surface area contributed by atoms with E-state index in [2.05, 4.69) is 0 Å². The zero-order chi connectivity index (χ0) is 16.1. The molecule has 1 atom stereocenters. The number of sulfonamides is 1. The van der Waals surface area contributed by atoms with Crippen LogP contribution in [0.1, 0.15) is 39.7 Å². The zero-order valence-corrected chi connectivity index (χ0v) is 13.8. The van der Waals surface area contributed by atoms with Crippen molar-refractivity contribution in [1.29, 1.82) is 0 Å². The van der Waals surface area contributed by atoms with Gasteiger partial charge in [0.05, 0.1) is 6.04 Å². The van der Waals surface area contributed by atoms with E-state index in [9.17, 15) is 13.2 Å². The van der Waals surface area contributed by atoms with Crippen LogP contribution in [0.25, 0.3) is 0 Å². The quantitative estimate of drug-likeness (QED) is 0.905. The average molecular weight is 340 g/mol. The number of furan rings is 1. The minimum absolute atomic E-state index is 0.00653. The number of carbonyl (C=O) groups is 1. The summed E-state index contributed by atoms with van der Waals surface area (Å²) >= 11 is 1.69. The Morgan fingerprint density at radius 2 is 2.23 bits per heavy atom. The third-order valence-corrected chi connectivity index (χ3v) is 5.94. The summed E-state index contributed by atoms with van der Waals surface area (Å²) in [6.45, 7) is 4.02. The molecule has 2 aromatic rings. The van der Waals surface area contributed by atoms with Gasteiger partial charge in [0.1, 0.15) is 10.7 Å². The summed E-state index contributed by atoms with van der Waals surface area (Å²) in [7, 11) is -3.89. The van der Waals surface area contributed by atoms with Crippen LogP contribution in [-0.4, -0.2) is 25.8 Å². The molecule has 6 nitrogen and oxygen atoms in total. The van der Waals surface area contributed by atoms with Gasteiger partial charge < -0.3 is 9.32 Å². The van der Waals surface area contributed by atoms with Crippen LogP contribution in [0.5, 0.6) is 0 Å². The third-order valence-electron chi connectivity index (χ3n) is 3.93. The molecule has 1 aliphatic rings. The SMILES string of the molecule is Cc1oc(C(=O)N2CCc3sccc3C2C)cc1S(N)(=O)=O. The Bertz CT molecular complexity index is 835. The lowest BCUT2D eigenvalue weighted by molar-refractivity contribution is 0.0645. The lowest BCUT2D eigenvalue weighted by atomic mass is 10.0. The van der Waals surface area contributed by atoms with Gasteiger partial charge in [-0.05, 0) is 37.3 Å². The number of primary sulfonamides is 1. The fraction of sp³-hybridized carbons (Fsp3) is 0.357. The largest absolute Gasteiger partial charge is 0.455 e. The number of hydrogen-bond acceptors (Lipinski definition) is 5. The highest BCUT2D eigenvalue weighted by atomic mass is 32.2. The molecule has 1 aliphatic heterocycles. The van der Waals surface area contributed by atoms with Crippen molar-refractivity contribution in [1.82, 2.24) is 4.90 Å². The number of thiophene rings is 1. The van der Waals surface area contributed by atoms with Crippen LogP contribution in [0, 0.1) is 6.92 Å². The highest BCUT2D eigenvalue weighted by molar-refractivity contribution is 7.89. The van der Waals surface area contributed by atoms with E-state index in [4.69, 9.17) is 9.56 Å². The smallest absolute Gasteiger partial charge is 0.290 e. The van der Waals surface area contributed by atoms with Crippen LogP contribution >= 0.6 is 11.3 Å². The summed E-state index contributed by atoms with van der Waals surface area (Å²) in [4.78, 5) is 15.5. The maximum Gasteiger partial charge on any atom is 0.290 e. The van der Waals surface area contributed by atoms with E-state index in [1.54, 1.807) is 16.2 Å². The Morgan fingerprint density at radius 1 is 1.50 bits per heavy atom. The van der Waals surface area contributed by atoms with Crippen LogP contribution < -0.4 is 5.14 Å². The van der Waals surface area contributed by atoms with E-state index in [0.717, 1.165) is 12.0 Å². The fourth-order valence-corrected chi connectivity index (χ4v) is 4.46. The number of fused-ring (bicyclic) bond motifs is 1. The fourth-order valence-electron chi connectivity index (χ4n) is 2.78. The second-order valence-electron chi connectivity index (χ2n) is 5.30. The molecule has 0 fully saturated rings. The average Bonchev–Trinajstić information content (AvgIpc) is 3.04. The molecule has 118 valence electrons. The molecule has 1 unspecified atom stereocenters. The van der Waals surface area contributed by atoms with Gasteiger partial charge >= 0.3 is 0 Å².